The normalized spacial score (nSPS) is 11.1. The highest BCUT2D eigenvalue weighted by Gasteiger charge is 2.18. The van der Waals surface area contributed by atoms with Crippen molar-refractivity contribution in [2.24, 2.45) is 0 Å². The molecular weight excluding hydrogens is 438 g/mol. The number of nitrogens with one attached hydrogen (secondary N) is 1. The van der Waals surface area contributed by atoms with Gasteiger partial charge in [0.05, 0.1) is 43.0 Å². The molecule has 0 spiro atoms. The molecule has 0 aliphatic heterocycles. The first-order valence-corrected chi connectivity index (χ1v) is 10.9. The maximum absolute atomic E-state index is 12.4. The van der Waals surface area contributed by atoms with Gasteiger partial charge in [-0.15, -0.1) is 0 Å². The molecule has 0 fully saturated rings. The Morgan fingerprint density at radius 2 is 1.75 bits per heavy atom. The summed E-state index contributed by atoms with van der Waals surface area (Å²) in [6.07, 6.45) is 1.44. The molecule has 0 unspecified atom stereocenters. The van der Waals surface area contributed by atoms with Crippen LogP contribution in [0.5, 0.6) is 11.5 Å². The topological polar surface area (TPSA) is 121 Å². The number of carbonyl (C=O) groups is 2. The first kappa shape index (κ1) is 23.0. The summed E-state index contributed by atoms with van der Waals surface area (Å²) in [5.41, 5.74) is 0.342. The average Bonchev–Trinajstić information content (AvgIpc) is 3.34. The minimum Gasteiger partial charge on any atom is -0.497 e. The lowest BCUT2D eigenvalue weighted by Crippen LogP contribution is -2.23. The highest BCUT2D eigenvalue weighted by Crippen LogP contribution is 2.25. The smallest absolute Gasteiger partial charge is 0.338 e. The largest absolute Gasteiger partial charge is 0.497 e. The van der Waals surface area contributed by atoms with Gasteiger partial charge in [0.2, 0.25) is 15.8 Å². The fourth-order valence-electron chi connectivity index (χ4n) is 2.75. The fourth-order valence-corrected chi connectivity index (χ4v) is 3.75. The predicted molar refractivity (Wildman–Crippen MR) is 113 cm³/mol. The third kappa shape index (κ3) is 5.54. The third-order valence-electron chi connectivity index (χ3n) is 4.46. The van der Waals surface area contributed by atoms with Crippen LogP contribution >= 0.6 is 0 Å². The molecular formula is C22H21NO8S. The highest BCUT2D eigenvalue weighted by atomic mass is 32.2. The number of esters is 1. The Morgan fingerprint density at radius 3 is 2.38 bits per heavy atom. The van der Waals surface area contributed by atoms with Gasteiger partial charge >= 0.3 is 5.97 Å². The van der Waals surface area contributed by atoms with E-state index in [0.29, 0.717) is 17.3 Å². The molecule has 0 aliphatic rings. The van der Waals surface area contributed by atoms with Gasteiger partial charge in [0.15, 0.2) is 6.61 Å². The lowest BCUT2D eigenvalue weighted by Gasteiger charge is -2.10. The SMILES string of the molecule is COc1ccc(C(=O)COC(=O)c2ccc(S(=O)(=O)NCc3ccco3)cc2)c(OC)c1. The van der Waals surface area contributed by atoms with E-state index in [-0.39, 0.29) is 22.6 Å². The van der Waals surface area contributed by atoms with E-state index in [1.54, 1.807) is 24.3 Å². The summed E-state index contributed by atoms with van der Waals surface area (Å²) in [7, 11) is -0.891. The molecule has 168 valence electrons. The van der Waals surface area contributed by atoms with Gasteiger partial charge in [-0.05, 0) is 48.5 Å². The van der Waals surface area contributed by atoms with Crippen LogP contribution in [-0.2, 0) is 21.3 Å². The van der Waals surface area contributed by atoms with E-state index in [0.717, 1.165) is 0 Å². The molecule has 10 heteroatoms. The van der Waals surface area contributed by atoms with Crippen LogP contribution in [0.3, 0.4) is 0 Å². The van der Waals surface area contributed by atoms with Gasteiger partial charge in [0.25, 0.3) is 0 Å². The van der Waals surface area contributed by atoms with Crippen molar-refractivity contribution in [3.05, 3.63) is 77.7 Å². The van der Waals surface area contributed by atoms with Crippen LogP contribution in [0.25, 0.3) is 0 Å². The molecule has 2 aromatic carbocycles. The number of benzene rings is 2. The van der Waals surface area contributed by atoms with Gasteiger partial charge in [-0.3, -0.25) is 4.79 Å². The Labute approximate surface area is 185 Å². The molecule has 9 nitrogen and oxygen atoms in total. The Balaban J connectivity index is 1.60. The van der Waals surface area contributed by atoms with Crippen LogP contribution < -0.4 is 14.2 Å². The summed E-state index contributed by atoms with van der Waals surface area (Å²) in [6.45, 7) is -0.512. The maximum atomic E-state index is 12.4. The van der Waals surface area contributed by atoms with Crippen LogP contribution in [0, 0.1) is 0 Å². The zero-order valence-corrected chi connectivity index (χ0v) is 18.2. The van der Waals surface area contributed by atoms with Crippen molar-refractivity contribution in [3.63, 3.8) is 0 Å². The molecule has 0 atom stereocenters. The summed E-state index contributed by atoms with van der Waals surface area (Å²) in [4.78, 5) is 24.7. The van der Waals surface area contributed by atoms with Gasteiger partial charge in [-0.2, -0.15) is 0 Å². The lowest BCUT2D eigenvalue weighted by atomic mass is 10.1. The standard InChI is InChI=1S/C22H21NO8S/c1-28-16-7-10-19(21(12-16)29-2)20(24)14-31-22(25)15-5-8-18(9-6-15)32(26,27)23-13-17-4-3-11-30-17/h3-12,23H,13-14H2,1-2H3. The van der Waals surface area contributed by atoms with Crippen molar-refractivity contribution in [1.82, 2.24) is 4.72 Å². The van der Waals surface area contributed by atoms with Gasteiger partial charge in [-0.25, -0.2) is 17.9 Å². The summed E-state index contributed by atoms with van der Waals surface area (Å²) < 4.78 is 47.5. The molecule has 3 rings (SSSR count). The second kappa shape index (κ2) is 10.1. The zero-order chi connectivity index (χ0) is 23.1. The number of ketones is 1. The minimum atomic E-state index is -3.79. The second-order valence-corrected chi connectivity index (χ2v) is 8.26. The first-order valence-electron chi connectivity index (χ1n) is 9.38. The Kier molecular flexibility index (Phi) is 7.29. The van der Waals surface area contributed by atoms with Gasteiger partial charge in [0, 0.05) is 6.07 Å². The Hall–Kier alpha value is -3.63. The quantitative estimate of drug-likeness (QED) is 0.363. The van der Waals surface area contributed by atoms with Crippen molar-refractivity contribution < 1.29 is 36.6 Å². The van der Waals surface area contributed by atoms with E-state index >= 15 is 0 Å². The van der Waals surface area contributed by atoms with Crippen molar-refractivity contribution in [2.45, 2.75) is 11.4 Å². The van der Waals surface area contributed by atoms with E-state index in [2.05, 4.69) is 4.72 Å². The number of carbonyl (C=O) groups excluding carboxylic acids is 2. The molecule has 0 saturated carbocycles. The number of sulfonamides is 1. The van der Waals surface area contributed by atoms with Gasteiger partial charge in [-0.1, -0.05) is 0 Å². The molecule has 1 heterocycles. The van der Waals surface area contributed by atoms with E-state index in [1.807, 2.05) is 0 Å². The summed E-state index contributed by atoms with van der Waals surface area (Å²) in [5.74, 6) is 0.0514. The molecule has 1 N–H and O–H groups in total. The van der Waals surface area contributed by atoms with Gasteiger partial charge in [0.1, 0.15) is 17.3 Å². The zero-order valence-electron chi connectivity index (χ0n) is 17.4. The van der Waals surface area contributed by atoms with Crippen LogP contribution in [-0.4, -0.2) is 41.0 Å². The molecule has 0 saturated heterocycles. The van der Waals surface area contributed by atoms with Crippen molar-refractivity contribution >= 4 is 21.8 Å². The van der Waals surface area contributed by atoms with Crippen LogP contribution in [0.2, 0.25) is 0 Å². The van der Waals surface area contributed by atoms with E-state index in [4.69, 9.17) is 18.6 Å². The minimum absolute atomic E-state index is 0.00391. The lowest BCUT2D eigenvalue weighted by molar-refractivity contribution is 0.0474. The molecule has 0 bridgehead atoms. The van der Waals surface area contributed by atoms with Crippen molar-refractivity contribution in [3.8, 4) is 11.5 Å². The maximum Gasteiger partial charge on any atom is 0.338 e. The van der Waals surface area contributed by atoms with E-state index in [1.165, 1.54) is 50.8 Å². The fraction of sp³-hybridized carbons (Fsp3) is 0.182. The van der Waals surface area contributed by atoms with Crippen LogP contribution in [0.1, 0.15) is 26.5 Å². The number of methoxy groups -OCH3 is 2. The molecule has 3 aromatic rings. The summed E-state index contributed by atoms with van der Waals surface area (Å²) in [5, 5.41) is 0. The number of hydrogen-bond donors (Lipinski definition) is 1. The van der Waals surface area contributed by atoms with Crippen molar-refractivity contribution in [1.29, 1.82) is 0 Å². The Morgan fingerprint density at radius 1 is 1.00 bits per heavy atom. The molecule has 0 amide bonds. The second-order valence-electron chi connectivity index (χ2n) is 6.49. The third-order valence-corrected chi connectivity index (χ3v) is 5.88. The van der Waals surface area contributed by atoms with E-state index in [9.17, 15) is 18.0 Å². The van der Waals surface area contributed by atoms with Crippen LogP contribution in [0.15, 0.2) is 70.2 Å². The molecule has 0 radical (unpaired) electrons. The van der Waals surface area contributed by atoms with Gasteiger partial charge < -0.3 is 18.6 Å². The number of rotatable bonds is 10. The molecule has 1 aromatic heterocycles. The predicted octanol–water partition coefficient (Wildman–Crippen LogP) is 2.82. The summed E-state index contributed by atoms with van der Waals surface area (Å²) in [6, 6.07) is 13.1. The first-order chi connectivity index (χ1) is 15.3. The number of ether oxygens (including phenoxy) is 3. The Bertz CT molecular complexity index is 1190. The van der Waals surface area contributed by atoms with E-state index < -0.39 is 28.4 Å². The number of furan rings is 1. The average molecular weight is 459 g/mol. The molecule has 32 heavy (non-hydrogen) atoms. The summed E-state index contributed by atoms with van der Waals surface area (Å²) >= 11 is 0. The highest BCUT2D eigenvalue weighted by molar-refractivity contribution is 7.89. The number of Topliss-reactive ketones (excluding diaryl/α,β-unsaturated/α-hetero) is 1. The molecule has 0 aliphatic carbocycles. The monoisotopic (exact) mass is 459 g/mol. The van der Waals surface area contributed by atoms with Crippen LogP contribution in [0.4, 0.5) is 0 Å². The van der Waals surface area contributed by atoms with Crippen molar-refractivity contribution in [2.75, 3.05) is 20.8 Å². The number of hydrogen-bond acceptors (Lipinski definition) is 8.